The van der Waals surface area contributed by atoms with Gasteiger partial charge in [0, 0.05) is 7.11 Å². The molecule has 18 heavy (non-hydrogen) atoms. The lowest BCUT2D eigenvalue weighted by molar-refractivity contribution is -0.0929. The first-order chi connectivity index (χ1) is 8.34. The van der Waals surface area contributed by atoms with Crippen LogP contribution in [0.5, 0.6) is 0 Å². The van der Waals surface area contributed by atoms with Crippen molar-refractivity contribution in [3.8, 4) is 0 Å². The summed E-state index contributed by atoms with van der Waals surface area (Å²) < 4.78 is 42.9. The van der Waals surface area contributed by atoms with Gasteiger partial charge >= 0.3 is 6.18 Å². The van der Waals surface area contributed by atoms with Crippen molar-refractivity contribution < 1.29 is 17.9 Å². The molecule has 0 saturated carbocycles. The van der Waals surface area contributed by atoms with Gasteiger partial charge in [0.2, 0.25) is 0 Å². The third-order valence-electron chi connectivity index (χ3n) is 2.06. The largest absolute Gasteiger partial charge is 0.434 e. The first-order valence-corrected chi connectivity index (χ1v) is 6.25. The zero-order valence-corrected chi connectivity index (χ0v) is 11.5. The Morgan fingerprint density at radius 2 is 2.17 bits per heavy atom. The summed E-state index contributed by atoms with van der Waals surface area (Å²) in [6.07, 6.45) is -4.54. The minimum atomic E-state index is -4.54. The number of methoxy groups -OCH3 is 1. The fourth-order valence-electron chi connectivity index (χ4n) is 1.31. The zero-order chi connectivity index (χ0) is 13.5. The molecular weight excluding hydrogens is 335 g/mol. The molecule has 0 saturated heterocycles. The van der Waals surface area contributed by atoms with Crippen molar-refractivity contribution >= 4 is 37.9 Å². The number of aliphatic imine (C=N–C) groups is 1. The van der Waals surface area contributed by atoms with Crippen LogP contribution in [-0.4, -0.2) is 35.1 Å². The number of hydrogen-bond donors (Lipinski definition) is 0. The van der Waals surface area contributed by atoms with Gasteiger partial charge in [0.1, 0.15) is 5.04 Å². The Labute approximate surface area is 113 Å². The van der Waals surface area contributed by atoms with Gasteiger partial charge in [-0.1, -0.05) is 6.58 Å². The minimum absolute atomic E-state index is 0.103. The Bertz CT molecular complexity index is 498. The van der Waals surface area contributed by atoms with Crippen LogP contribution < -0.4 is 0 Å². The monoisotopic (exact) mass is 341 g/mol. The number of thioether (sulfide) groups is 1. The van der Waals surface area contributed by atoms with E-state index in [-0.39, 0.29) is 22.0 Å². The second kappa shape index (κ2) is 4.71. The Kier molecular flexibility index (Phi) is 3.56. The highest BCUT2D eigenvalue weighted by molar-refractivity contribution is 9.12. The number of hydrogen-bond acceptors (Lipinski definition) is 5. The van der Waals surface area contributed by atoms with E-state index in [0.29, 0.717) is 5.04 Å². The number of fused-ring (bicyclic) bond motifs is 1. The molecule has 2 aliphatic heterocycles. The molecule has 0 aromatic carbocycles. The molecule has 0 radical (unpaired) electrons. The summed E-state index contributed by atoms with van der Waals surface area (Å²) in [5.41, 5.74) is -0.897. The molecule has 2 aliphatic rings. The molecule has 0 amide bonds. The smallest absolute Gasteiger partial charge is 0.378 e. The summed E-state index contributed by atoms with van der Waals surface area (Å²) in [7, 11) is 1.48. The van der Waals surface area contributed by atoms with Gasteiger partial charge in [0.15, 0.2) is 10.9 Å². The standard InChI is InChI=1S/C9H7BrF3N3OS/c1-4-6(10)7(9(11,12)13)14-8-16(4)15-5(18-8)3-17-2/h1,3H2,2H3. The van der Waals surface area contributed by atoms with E-state index >= 15 is 0 Å². The third-order valence-corrected chi connectivity index (χ3v) is 3.78. The number of ether oxygens (including phenoxy) is 1. The van der Waals surface area contributed by atoms with Crippen LogP contribution in [0.4, 0.5) is 13.2 Å². The number of allylic oxidation sites excluding steroid dienone is 2. The number of nitrogens with zero attached hydrogens (tertiary/aromatic N) is 3. The van der Waals surface area contributed by atoms with Crippen LogP contribution >= 0.6 is 27.7 Å². The molecule has 0 aromatic heterocycles. The molecule has 0 unspecified atom stereocenters. The van der Waals surface area contributed by atoms with E-state index in [1.54, 1.807) is 0 Å². The summed E-state index contributed by atoms with van der Waals surface area (Å²) >= 11 is 3.88. The van der Waals surface area contributed by atoms with Crippen molar-refractivity contribution in [2.45, 2.75) is 6.18 Å². The second-order valence-corrected chi connectivity index (χ2v) is 5.18. The van der Waals surface area contributed by atoms with Gasteiger partial charge in [0.25, 0.3) is 0 Å². The SMILES string of the molecule is C=C1C(Br)=C(C(F)(F)F)N=C2SC(COC)=NN12. The van der Waals surface area contributed by atoms with Gasteiger partial charge < -0.3 is 4.74 Å². The first-order valence-electron chi connectivity index (χ1n) is 4.64. The Morgan fingerprint density at radius 3 is 2.72 bits per heavy atom. The molecule has 98 valence electrons. The highest BCUT2D eigenvalue weighted by Crippen LogP contribution is 2.42. The average Bonchev–Trinajstić information content (AvgIpc) is 2.65. The average molecular weight is 342 g/mol. The number of rotatable bonds is 2. The lowest BCUT2D eigenvalue weighted by atomic mass is 10.3. The molecule has 0 bridgehead atoms. The summed E-state index contributed by atoms with van der Waals surface area (Å²) in [6.45, 7) is 3.79. The predicted octanol–water partition coefficient (Wildman–Crippen LogP) is 3.05. The topological polar surface area (TPSA) is 37.2 Å². The van der Waals surface area contributed by atoms with E-state index in [2.05, 4.69) is 32.6 Å². The molecule has 0 aliphatic carbocycles. The van der Waals surface area contributed by atoms with Crippen molar-refractivity contribution in [1.82, 2.24) is 5.01 Å². The summed E-state index contributed by atoms with van der Waals surface area (Å²) in [6, 6.07) is 0. The number of halogens is 4. The van der Waals surface area contributed by atoms with Crippen LogP contribution in [0.2, 0.25) is 0 Å². The van der Waals surface area contributed by atoms with E-state index in [0.717, 1.165) is 11.8 Å². The molecule has 0 N–H and O–H groups in total. The van der Waals surface area contributed by atoms with Crippen LogP contribution in [0.25, 0.3) is 0 Å². The Morgan fingerprint density at radius 1 is 1.50 bits per heavy atom. The molecule has 9 heteroatoms. The molecule has 0 atom stereocenters. The van der Waals surface area contributed by atoms with E-state index in [9.17, 15) is 13.2 Å². The number of amidine groups is 1. The Hall–Kier alpha value is -0.800. The summed E-state index contributed by atoms with van der Waals surface area (Å²) in [5, 5.41) is 5.99. The second-order valence-electron chi connectivity index (χ2n) is 3.34. The van der Waals surface area contributed by atoms with Gasteiger partial charge in [-0.05, 0) is 27.7 Å². The van der Waals surface area contributed by atoms with Crippen molar-refractivity contribution in [3.05, 3.63) is 22.5 Å². The molecular formula is C9H7BrF3N3OS. The predicted molar refractivity (Wildman–Crippen MR) is 67.3 cm³/mol. The van der Waals surface area contributed by atoms with Crippen LogP contribution in [0, 0.1) is 0 Å². The van der Waals surface area contributed by atoms with E-state index in [4.69, 9.17) is 4.74 Å². The van der Waals surface area contributed by atoms with Gasteiger partial charge in [0.05, 0.1) is 16.8 Å². The number of hydrazone groups is 1. The lowest BCUT2D eigenvalue weighted by Gasteiger charge is -2.23. The van der Waals surface area contributed by atoms with Crippen molar-refractivity contribution in [1.29, 1.82) is 0 Å². The fraction of sp³-hybridized carbons (Fsp3) is 0.333. The molecule has 4 nitrogen and oxygen atoms in total. The molecule has 2 heterocycles. The van der Waals surface area contributed by atoms with Gasteiger partial charge in [-0.2, -0.15) is 18.3 Å². The molecule has 0 fully saturated rings. The summed E-state index contributed by atoms with van der Waals surface area (Å²) in [5.74, 6) is 0. The van der Waals surface area contributed by atoms with Gasteiger partial charge in [-0.3, -0.25) is 0 Å². The van der Waals surface area contributed by atoms with Gasteiger partial charge in [-0.25, -0.2) is 10.0 Å². The van der Waals surface area contributed by atoms with Crippen LogP contribution in [0.3, 0.4) is 0 Å². The third kappa shape index (κ3) is 2.34. The summed E-state index contributed by atoms with van der Waals surface area (Å²) in [4.78, 5) is 3.56. The quantitative estimate of drug-likeness (QED) is 0.774. The molecule has 0 aromatic rings. The zero-order valence-electron chi connectivity index (χ0n) is 9.08. The fourth-order valence-corrected chi connectivity index (χ4v) is 2.68. The highest BCUT2D eigenvalue weighted by atomic mass is 79.9. The van der Waals surface area contributed by atoms with Crippen molar-refractivity contribution in [2.75, 3.05) is 13.7 Å². The molecule has 0 spiro atoms. The van der Waals surface area contributed by atoms with E-state index < -0.39 is 11.9 Å². The lowest BCUT2D eigenvalue weighted by Crippen LogP contribution is -2.26. The normalized spacial score (nSPS) is 20.1. The maximum absolute atomic E-state index is 12.7. The molecule has 2 rings (SSSR count). The first kappa shape index (κ1) is 13.6. The number of alkyl halides is 3. The maximum Gasteiger partial charge on any atom is 0.434 e. The van der Waals surface area contributed by atoms with Crippen molar-refractivity contribution in [2.24, 2.45) is 10.1 Å². The van der Waals surface area contributed by atoms with Crippen LogP contribution in [0.15, 0.2) is 32.5 Å². The van der Waals surface area contributed by atoms with Crippen LogP contribution in [0.1, 0.15) is 0 Å². The van der Waals surface area contributed by atoms with E-state index in [1.165, 1.54) is 12.1 Å². The minimum Gasteiger partial charge on any atom is -0.378 e. The van der Waals surface area contributed by atoms with Crippen molar-refractivity contribution in [3.63, 3.8) is 0 Å². The van der Waals surface area contributed by atoms with Gasteiger partial charge in [-0.15, -0.1) is 0 Å². The maximum atomic E-state index is 12.7. The highest BCUT2D eigenvalue weighted by Gasteiger charge is 2.42. The van der Waals surface area contributed by atoms with E-state index in [1.807, 2.05) is 0 Å². The van der Waals surface area contributed by atoms with Crippen LogP contribution in [-0.2, 0) is 4.74 Å². The Balaban J connectivity index is 2.36.